The smallest absolute Gasteiger partial charge is 0.400 e. The van der Waals surface area contributed by atoms with Crippen molar-refractivity contribution in [2.45, 2.75) is 109 Å². The van der Waals surface area contributed by atoms with E-state index < -0.39 is 35.1 Å². The number of ether oxygens (including phenoxy) is 1. The van der Waals surface area contributed by atoms with Gasteiger partial charge in [-0.2, -0.15) is 5.01 Å². The van der Waals surface area contributed by atoms with Gasteiger partial charge in [-0.05, 0) is 80.6 Å². The van der Waals surface area contributed by atoms with Crippen molar-refractivity contribution in [2.75, 3.05) is 10.3 Å². The normalized spacial score (nSPS) is 14.7. The number of unbranched alkanes of at least 4 members (excludes halogenated alkanes) is 10. The fraction of sp³-hybridized carbons (Fsp3) is 0.409. The van der Waals surface area contributed by atoms with Crippen LogP contribution in [0, 0.1) is 5.92 Å². The van der Waals surface area contributed by atoms with Gasteiger partial charge in [-0.1, -0.05) is 141 Å². The molecule has 316 valence electrons. The average molecular weight is 906 g/mol. The monoisotopic (exact) mass is 903 g/mol. The van der Waals surface area contributed by atoms with E-state index in [1.165, 1.54) is 74.9 Å². The number of para-hydroxylation sites is 1. The minimum absolute atomic E-state index is 0.00369. The molecule has 1 aromatic heterocycles. The number of benzene rings is 3. The van der Waals surface area contributed by atoms with Crippen molar-refractivity contribution in [1.82, 2.24) is 14.8 Å². The molecule has 0 saturated carbocycles. The molecule has 2 atom stereocenters. The van der Waals surface area contributed by atoms with E-state index in [0.717, 1.165) is 29.0 Å². The summed E-state index contributed by atoms with van der Waals surface area (Å²) in [5.74, 6) is -2.61. The van der Waals surface area contributed by atoms with E-state index in [1.54, 1.807) is 54.6 Å². The number of hydrogen-bond donors (Lipinski definition) is 2. The molecule has 10 nitrogen and oxygen atoms in total. The summed E-state index contributed by atoms with van der Waals surface area (Å²) in [4.78, 5) is 55.7. The van der Waals surface area contributed by atoms with Gasteiger partial charge in [-0.3, -0.25) is 24.8 Å². The minimum Gasteiger partial charge on any atom is -0.400 e. The second-order valence-corrected chi connectivity index (χ2v) is 16.9. The number of alkyl halides is 1. The SMILES string of the molecule is CCCCCCCCCCCCC=CCCC(Cl)CC1CC(=O)N(N(c2ccccc2)c2[nH]n(-c3c(Cl)cc(Cl)cc3Cl)c(=O)c2OC(=O)Nc2ccc(Cl)cc2)C1=O. The Bertz CT molecular complexity index is 2080. The van der Waals surface area contributed by atoms with Crippen LogP contribution in [0.3, 0.4) is 0 Å². The molecule has 1 aliphatic rings. The van der Waals surface area contributed by atoms with Gasteiger partial charge in [0.05, 0.1) is 21.7 Å². The summed E-state index contributed by atoms with van der Waals surface area (Å²) < 4.78 is 6.63. The lowest BCUT2D eigenvalue weighted by atomic mass is 9.99. The molecule has 3 amide bonds. The van der Waals surface area contributed by atoms with Crippen LogP contribution in [0.2, 0.25) is 20.1 Å². The summed E-state index contributed by atoms with van der Waals surface area (Å²) in [5, 5.41) is 7.90. The largest absolute Gasteiger partial charge is 0.417 e. The van der Waals surface area contributed by atoms with Crippen LogP contribution in [0.15, 0.2) is 83.7 Å². The zero-order valence-corrected chi connectivity index (χ0v) is 36.8. The van der Waals surface area contributed by atoms with Gasteiger partial charge in [0, 0.05) is 27.5 Å². The van der Waals surface area contributed by atoms with Crippen molar-refractivity contribution in [3.63, 3.8) is 0 Å². The average Bonchev–Trinajstić information content (AvgIpc) is 3.65. The van der Waals surface area contributed by atoms with Gasteiger partial charge >= 0.3 is 11.7 Å². The molecule has 3 aromatic carbocycles. The highest BCUT2D eigenvalue weighted by Gasteiger charge is 2.45. The third-order valence-electron chi connectivity index (χ3n) is 10.0. The van der Waals surface area contributed by atoms with Gasteiger partial charge in [-0.25, -0.2) is 14.5 Å². The summed E-state index contributed by atoms with van der Waals surface area (Å²) in [6, 6.07) is 17.4. The maximum absolute atomic E-state index is 14.3. The summed E-state index contributed by atoms with van der Waals surface area (Å²) in [6.07, 6.45) is 18.8. The number of carbonyl (C=O) groups is 3. The molecule has 1 aliphatic heterocycles. The maximum atomic E-state index is 14.3. The molecule has 0 spiro atoms. The number of halogens is 5. The number of rotatable bonds is 22. The Morgan fingerprint density at radius 1 is 0.847 bits per heavy atom. The van der Waals surface area contributed by atoms with Crippen LogP contribution in [-0.2, 0) is 9.59 Å². The molecule has 1 saturated heterocycles. The van der Waals surface area contributed by atoms with Crippen LogP contribution in [0.4, 0.5) is 22.0 Å². The number of aromatic nitrogens is 2. The highest BCUT2D eigenvalue weighted by Crippen LogP contribution is 2.39. The minimum atomic E-state index is -1.04. The van der Waals surface area contributed by atoms with Crippen LogP contribution >= 0.6 is 58.0 Å². The molecule has 0 radical (unpaired) electrons. The fourth-order valence-corrected chi connectivity index (χ4v) is 8.45. The lowest BCUT2D eigenvalue weighted by Gasteiger charge is -2.31. The first kappa shape index (κ1) is 46.1. The predicted molar refractivity (Wildman–Crippen MR) is 240 cm³/mol. The molecule has 0 aliphatic carbocycles. The standard InChI is InChI=1S/C44H50Cl5N5O5/c1-2-3-4-5-6-7-8-9-10-11-12-13-14-16-19-32(46)26-30-27-38(55)54(42(30)56)53(35-20-17-15-18-21-35)41-40(59-44(58)50-34-24-22-31(45)23-25-34)43(57)52(51-41)39-36(48)28-33(47)29-37(39)49/h13-15,17-18,20-25,28-30,32,51H,2-12,16,19,26-27H2,1H3,(H,50,58). The van der Waals surface area contributed by atoms with Gasteiger partial charge in [0.2, 0.25) is 11.7 Å². The van der Waals surface area contributed by atoms with Gasteiger partial charge < -0.3 is 4.74 Å². The predicted octanol–water partition coefficient (Wildman–Crippen LogP) is 13.5. The molecule has 2 heterocycles. The fourth-order valence-electron chi connectivity index (χ4n) is 7.00. The topological polar surface area (TPSA) is 117 Å². The van der Waals surface area contributed by atoms with Crippen LogP contribution in [0.1, 0.15) is 103 Å². The number of hydrazine groups is 1. The van der Waals surface area contributed by atoms with E-state index in [2.05, 4.69) is 29.5 Å². The molecule has 5 rings (SSSR count). The zero-order valence-electron chi connectivity index (χ0n) is 33.0. The zero-order chi connectivity index (χ0) is 42.3. The van der Waals surface area contributed by atoms with E-state index in [4.69, 9.17) is 62.7 Å². The van der Waals surface area contributed by atoms with Crippen molar-refractivity contribution in [3.8, 4) is 11.4 Å². The summed E-state index contributed by atoms with van der Waals surface area (Å²) in [5.41, 5.74) is -0.289. The number of nitrogens with zero attached hydrogens (tertiary/aromatic N) is 3. The molecular weight excluding hydrogens is 856 g/mol. The highest BCUT2D eigenvalue weighted by atomic mass is 35.5. The first-order chi connectivity index (χ1) is 28.5. The van der Waals surface area contributed by atoms with Crippen LogP contribution in [-0.4, -0.2) is 38.1 Å². The second-order valence-electron chi connectivity index (χ2n) is 14.6. The molecule has 4 aromatic rings. The van der Waals surface area contributed by atoms with Gasteiger partial charge in [-0.15, -0.1) is 11.6 Å². The van der Waals surface area contributed by atoms with E-state index in [0.29, 0.717) is 22.8 Å². The molecule has 1 fully saturated rings. The second kappa shape index (κ2) is 23.2. The number of hydrogen-bond acceptors (Lipinski definition) is 6. The van der Waals surface area contributed by atoms with E-state index in [-0.39, 0.29) is 44.8 Å². The summed E-state index contributed by atoms with van der Waals surface area (Å²) in [6.45, 7) is 2.24. The van der Waals surface area contributed by atoms with E-state index >= 15 is 0 Å². The van der Waals surface area contributed by atoms with Gasteiger partial charge in [0.1, 0.15) is 5.69 Å². The lowest BCUT2D eigenvalue weighted by Crippen LogP contribution is -2.44. The Kier molecular flexibility index (Phi) is 18.1. The third kappa shape index (κ3) is 13.0. The first-order valence-electron chi connectivity index (χ1n) is 20.2. The van der Waals surface area contributed by atoms with Gasteiger partial charge in [0.15, 0.2) is 5.82 Å². The quantitative estimate of drug-likeness (QED) is 0.0351. The van der Waals surface area contributed by atoms with Crippen LogP contribution < -0.4 is 20.6 Å². The third-order valence-corrected chi connectivity index (χ3v) is 11.5. The van der Waals surface area contributed by atoms with Crippen molar-refractivity contribution in [1.29, 1.82) is 0 Å². The Hall–Kier alpha value is -3.93. The lowest BCUT2D eigenvalue weighted by molar-refractivity contribution is -0.139. The Labute approximate surface area is 370 Å². The first-order valence-corrected chi connectivity index (χ1v) is 22.2. The van der Waals surface area contributed by atoms with Crippen LogP contribution in [0.25, 0.3) is 5.69 Å². The summed E-state index contributed by atoms with van der Waals surface area (Å²) >= 11 is 32.0. The molecule has 2 N–H and O–H groups in total. The number of H-pyrrole nitrogens is 1. The number of carbonyl (C=O) groups excluding carboxylic acids is 3. The van der Waals surface area contributed by atoms with Crippen molar-refractivity contribution < 1.29 is 19.1 Å². The molecule has 0 bridgehead atoms. The number of amides is 3. The number of anilines is 3. The van der Waals surface area contributed by atoms with Gasteiger partial charge in [0.25, 0.3) is 5.91 Å². The maximum Gasteiger partial charge on any atom is 0.417 e. The van der Waals surface area contributed by atoms with Crippen molar-refractivity contribution >= 4 is 93.1 Å². The van der Waals surface area contributed by atoms with Crippen molar-refractivity contribution in [3.05, 3.63) is 109 Å². The number of aromatic amines is 1. The number of nitrogens with one attached hydrogen (secondary N) is 2. The Morgan fingerprint density at radius 3 is 2.10 bits per heavy atom. The summed E-state index contributed by atoms with van der Waals surface area (Å²) in [7, 11) is 0. The van der Waals surface area contributed by atoms with Crippen molar-refractivity contribution in [2.24, 2.45) is 5.92 Å². The van der Waals surface area contributed by atoms with E-state index in [1.807, 2.05) is 0 Å². The highest BCUT2D eigenvalue weighted by molar-refractivity contribution is 6.40. The molecule has 2 unspecified atom stereocenters. The van der Waals surface area contributed by atoms with Crippen LogP contribution in [0.5, 0.6) is 5.75 Å². The molecule has 15 heteroatoms. The molecular formula is C44H50Cl5N5O5. The van der Waals surface area contributed by atoms with E-state index in [9.17, 15) is 19.2 Å². The number of allylic oxidation sites excluding steroid dienone is 2. The number of imide groups is 1. The molecule has 59 heavy (non-hydrogen) atoms. The Balaban J connectivity index is 1.31. The Morgan fingerprint density at radius 2 is 1.46 bits per heavy atom.